The van der Waals surface area contributed by atoms with Crippen molar-refractivity contribution in [3.05, 3.63) is 22.3 Å². The van der Waals surface area contributed by atoms with Gasteiger partial charge in [0.2, 0.25) is 0 Å². The number of rotatable bonds is 3. The van der Waals surface area contributed by atoms with E-state index in [1.165, 1.54) is 7.11 Å². The zero-order chi connectivity index (χ0) is 12.3. The van der Waals surface area contributed by atoms with Crippen molar-refractivity contribution >= 4 is 43.5 Å². The molecule has 5 nitrogen and oxygen atoms in total. The van der Waals surface area contributed by atoms with E-state index < -0.39 is 11.9 Å². The number of H-pyrrole nitrogens is 1. The Labute approximate surface area is 115 Å². The second kappa shape index (κ2) is 6.75. The van der Waals surface area contributed by atoms with Gasteiger partial charge in [-0.2, -0.15) is 0 Å². The van der Waals surface area contributed by atoms with Gasteiger partial charge >= 0.3 is 17.8 Å². The van der Waals surface area contributed by atoms with Crippen molar-refractivity contribution in [3.63, 3.8) is 0 Å². The second-order valence-corrected chi connectivity index (χ2v) is 4.26. The first kappa shape index (κ1) is 16.1. The first-order valence-corrected chi connectivity index (χ1v) is 5.60. The Morgan fingerprint density at radius 2 is 2.06 bits per heavy atom. The van der Waals surface area contributed by atoms with E-state index in [9.17, 15) is 9.18 Å². The van der Waals surface area contributed by atoms with Crippen molar-refractivity contribution in [1.82, 2.24) is 0 Å². The standard InChI is InChI=1S/C8H7Br2FN2O3.CH3/c1-15-3(14)2-16-8-5(10)6(12)4(9)7(11)13-8;/h2H2,1H3,(H2,12,13);1H3/q;-1/p+1. The molecule has 0 saturated heterocycles. The maximum Gasteiger partial charge on any atom is 0.386 e. The molecule has 8 heteroatoms. The third kappa shape index (κ3) is 3.81. The summed E-state index contributed by atoms with van der Waals surface area (Å²) in [4.78, 5) is 13.1. The Hall–Kier alpha value is -0.890. The molecule has 0 aliphatic rings. The minimum Gasteiger partial charge on any atom is -0.466 e. The highest BCUT2D eigenvalue weighted by Crippen LogP contribution is 2.33. The zero-order valence-electron chi connectivity index (χ0n) is 9.14. The third-order valence-corrected chi connectivity index (χ3v) is 3.21. The molecular formula is C9H11Br2FN2O3. The molecule has 0 radical (unpaired) electrons. The molecule has 0 spiro atoms. The number of carbonyl (C=O) groups excluding carboxylic acids is 1. The molecule has 0 aromatic carbocycles. The molecule has 3 N–H and O–H groups in total. The molecule has 1 rings (SSSR count). The smallest absolute Gasteiger partial charge is 0.386 e. The van der Waals surface area contributed by atoms with Crippen molar-refractivity contribution in [2.45, 2.75) is 0 Å². The Morgan fingerprint density at radius 3 is 2.59 bits per heavy atom. The van der Waals surface area contributed by atoms with E-state index in [4.69, 9.17) is 10.5 Å². The van der Waals surface area contributed by atoms with E-state index in [1.54, 1.807) is 0 Å². The number of nitrogens with two attached hydrogens (primary N) is 1. The van der Waals surface area contributed by atoms with Gasteiger partial charge in [-0.15, -0.1) is 9.37 Å². The third-order valence-electron chi connectivity index (χ3n) is 1.65. The number of nitrogens with one attached hydrogen (secondary N) is 1. The lowest BCUT2D eigenvalue weighted by Gasteiger charge is -2.04. The monoisotopic (exact) mass is 372 g/mol. The van der Waals surface area contributed by atoms with E-state index in [0.717, 1.165) is 0 Å². The summed E-state index contributed by atoms with van der Waals surface area (Å²) < 4.78 is 23.0. The number of anilines is 1. The molecule has 17 heavy (non-hydrogen) atoms. The maximum absolute atomic E-state index is 13.2. The molecule has 96 valence electrons. The van der Waals surface area contributed by atoms with Crippen molar-refractivity contribution < 1.29 is 23.6 Å². The number of nitrogen functional groups attached to an aromatic ring is 1. The largest absolute Gasteiger partial charge is 0.466 e. The van der Waals surface area contributed by atoms with Crippen molar-refractivity contribution in [2.24, 2.45) is 0 Å². The number of esters is 1. The fraction of sp³-hybridized carbons (Fsp3) is 0.222. The van der Waals surface area contributed by atoms with E-state index in [-0.39, 0.29) is 30.1 Å². The van der Waals surface area contributed by atoms with Crippen LogP contribution in [-0.2, 0) is 9.53 Å². The Bertz CT molecular complexity index is 429. The molecule has 0 unspecified atom stereocenters. The summed E-state index contributed by atoms with van der Waals surface area (Å²) in [7, 11) is 1.22. The van der Waals surface area contributed by atoms with E-state index in [2.05, 4.69) is 41.6 Å². The molecule has 0 bridgehead atoms. The van der Waals surface area contributed by atoms with E-state index >= 15 is 0 Å². The number of ether oxygens (including phenoxy) is 2. The van der Waals surface area contributed by atoms with Crippen LogP contribution in [0.15, 0.2) is 8.95 Å². The predicted molar refractivity (Wildman–Crippen MR) is 66.7 cm³/mol. The van der Waals surface area contributed by atoms with Gasteiger partial charge in [0.15, 0.2) is 11.1 Å². The highest BCUT2D eigenvalue weighted by molar-refractivity contribution is 9.11. The van der Waals surface area contributed by atoms with Crippen molar-refractivity contribution in [1.29, 1.82) is 0 Å². The molecule has 0 aliphatic heterocycles. The lowest BCUT2D eigenvalue weighted by molar-refractivity contribution is -0.436. The van der Waals surface area contributed by atoms with Crippen LogP contribution in [0.3, 0.4) is 0 Å². The van der Waals surface area contributed by atoms with Crippen LogP contribution >= 0.6 is 31.9 Å². The molecular weight excluding hydrogens is 363 g/mol. The van der Waals surface area contributed by atoms with Gasteiger partial charge in [-0.05, 0) is 31.9 Å². The first-order valence-electron chi connectivity index (χ1n) is 4.02. The molecule has 0 fully saturated rings. The fourth-order valence-corrected chi connectivity index (χ4v) is 1.81. The lowest BCUT2D eigenvalue weighted by Crippen LogP contribution is -2.21. The summed E-state index contributed by atoms with van der Waals surface area (Å²) in [6.45, 7) is -0.341. The molecule has 1 aromatic heterocycles. The molecule has 0 aliphatic carbocycles. The van der Waals surface area contributed by atoms with Gasteiger partial charge in [-0.25, -0.2) is 4.79 Å². The molecule has 0 amide bonds. The zero-order valence-corrected chi connectivity index (χ0v) is 12.3. The van der Waals surface area contributed by atoms with Crippen LogP contribution in [0.5, 0.6) is 5.88 Å². The highest BCUT2D eigenvalue weighted by atomic mass is 79.9. The maximum atomic E-state index is 13.2. The number of pyridine rings is 1. The summed E-state index contributed by atoms with van der Waals surface area (Å²) in [6, 6.07) is 0. The number of aromatic nitrogens is 1. The molecule has 1 aromatic rings. The number of hydrogen-bond donors (Lipinski definition) is 1. The summed E-state index contributed by atoms with van der Waals surface area (Å²) in [5.74, 6) is -1.26. The Balaban J connectivity index is 0.00000256. The van der Waals surface area contributed by atoms with Crippen LogP contribution in [0.4, 0.5) is 10.1 Å². The van der Waals surface area contributed by atoms with Gasteiger partial charge in [-0.1, -0.05) is 0 Å². The summed E-state index contributed by atoms with van der Waals surface area (Å²) in [5, 5.41) is 0. The number of hydrogen-bond acceptors (Lipinski definition) is 4. The number of carbonyl (C=O) groups is 1. The van der Waals surface area contributed by atoms with E-state index in [0.29, 0.717) is 4.47 Å². The Kier molecular flexibility index (Phi) is 6.40. The summed E-state index contributed by atoms with van der Waals surface area (Å²) >= 11 is 6.06. The Morgan fingerprint density at radius 1 is 1.47 bits per heavy atom. The first-order chi connectivity index (χ1) is 7.47. The van der Waals surface area contributed by atoms with Gasteiger partial charge in [0.1, 0.15) is 4.47 Å². The van der Waals surface area contributed by atoms with Crippen LogP contribution in [0.25, 0.3) is 0 Å². The summed E-state index contributed by atoms with van der Waals surface area (Å²) in [5.41, 5.74) is 5.71. The van der Waals surface area contributed by atoms with Crippen LogP contribution in [-0.4, -0.2) is 19.7 Å². The van der Waals surface area contributed by atoms with Gasteiger partial charge in [0.25, 0.3) is 0 Å². The minimum absolute atomic E-state index is 0. The number of halogens is 3. The van der Waals surface area contributed by atoms with Crippen LogP contribution in [0, 0.1) is 13.4 Å². The SMILES string of the molecule is COC(=O)COc1[nH+]c(F)c(Br)c(N)c1Br.[CH3-]. The number of methoxy groups -OCH3 is 1. The van der Waals surface area contributed by atoms with Crippen molar-refractivity contribution in [2.75, 3.05) is 19.5 Å². The average Bonchev–Trinajstić information content (AvgIpc) is 2.28. The summed E-state index contributed by atoms with van der Waals surface area (Å²) in [6.07, 6.45) is 0. The second-order valence-electron chi connectivity index (χ2n) is 2.67. The van der Waals surface area contributed by atoms with E-state index in [1.807, 2.05) is 0 Å². The van der Waals surface area contributed by atoms with Gasteiger partial charge in [0, 0.05) is 0 Å². The molecule has 0 atom stereocenters. The van der Waals surface area contributed by atoms with Crippen molar-refractivity contribution in [3.8, 4) is 5.88 Å². The fourth-order valence-electron chi connectivity index (χ4n) is 0.836. The molecule has 1 heterocycles. The molecule has 0 saturated carbocycles. The van der Waals surface area contributed by atoms with Crippen LogP contribution in [0.1, 0.15) is 0 Å². The van der Waals surface area contributed by atoms with Gasteiger partial charge in [-0.3, -0.25) is 0 Å². The quantitative estimate of drug-likeness (QED) is 0.497. The van der Waals surface area contributed by atoms with Gasteiger partial charge in [0.05, 0.1) is 12.8 Å². The lowest BCUT2D eigenvalue weighted by atomic mass is 10.4. The average molecular weight is 374 g/mol. The topological polar surface area (TPSA) is 75.7 Å². The predicted octanol–water partition coefficient (Wildman–Crippen LogP) is 1.75. The minimum atomic E-state index is -0.694. The number of aromatic amines is 1. The van der Waals surface area contributed by atoms with Crippen LogP contribution in [0.2, 0.25) is 0 Å². The van der Waals surface area contributed by atoms with Crippen LogP contribution < -0.4 is 15.5 Å². The normalized spacial score (nSPS) is 9.41. The van der Waals surface area contributed by atoms with Gasteiger partial charge < -0.3 is 22.6 Å². The highest BCUT2D eigenvalue weighted by Gasteiger charge is 2.22.